The number of fused-ring (bicyclic) bond motifs is 2. The van der Waals surface area contributed by atoms with E-state index in [1.54, 1.807) is 6.07 Å². The van der Waals surface area contributed by atoms with Gasteiger partial charge in [0.2, 0.25) is 0 Å². The summed E-state index contributed by atoms with van der Waals surface area (Å²) in [6.45, 7) is 10.3. The molecular formula is C17H25NO4. The van der Waals surface area contributed by atoms with Gasteiger partial charge >= 0.3 is 5.97 Å². The van der Waals surface area contributed by atoms with Crippen molar-refractivity contribution in [3.05, 3.63) is 33.2 Å². The Kier molecular flexibility index (Phi) is 6.53. The highest BCUT2D eigenvalue weighted by Crippen LogP contribution is 2.30. The van der Waals surface area contributed by atoms with Crippen molar-refractivity contribution >= 4 is 11.8 Å². The molecule has 5 nitrogen and oxygen atoms in total. The lowest BCUT2D eigenvalue weighted by Crippen LogP contribution is -2.32. The Morgan fingerprint density at radius 1 is 1.18 bits per heavy atom. The Morgan fingerprint density at radius 3 is 2.41 bits per heavy atom. The average Bonchev–Trinajstić information content (AvgIpc) is 2.93. The summed E-state index contributed by atoms with van der Waals surface area (Å²) in [5, 5.41) is 0. The second-order valence-electron chi connectivity index (χ2n) is 4.66. The zero-order valence-electron chi connectivity index (χ0n) is 14.1. The van der Waals surface area contributed by atoms with Gasteiger partial charge in [-0.25, -0.2) is 0 Å². The molecule has 5 heteroatoms. The molecule has 122 valence electrons. The van der Waals surface area contributed by atoms with Gasteiger partial charge in [0.15, 0.2) is 5.78 Å². The maximum absolute atomic E-state index is 12.2. The standard InChI is InChI=1S/C13H13NO4.2C2H6/c1-2-7-8-5-10-11(15)3-4-14(10)12(16)9(8)6-18-13(7)17;2*1-2/h5,7H,2-4,6H2,1H3;2*1-2H3/t7-;;/m1../s1. The number of rotatable bonds is 1. The van der Waals surface area contributed by atoms with Crippen LogP contribution in [-0.4, -0.2) is 16.3 Å². The van der Waals surface area contributed by atoms with E-state index in [1.807, 2.05) is 34.6 Å². The quantitative estimate of drug-likeness (QED) is 0.748. The fourth-order valence-corrected chi connectivity index (χ4v) is 2.72. The normalized spacial score (nSPS) is 18.1. The Hall–Kier alpha value is -1.91. The molecular weight excluding hydrogens is 282 g/mol. The molecule has 1 atom stereocenters. The van der Waals surface area contributed by atoms with Crippen LogP contribution in [0.5, 0.6) is 0 Å². The summed E-state index contributed by atoms with van der Waals surface area (Å²) in [5.41, 5.74) is 1.46. The predicted octanol–water partition coefficient (Wildman–Crippen LogP) is 3.04. The number of carbonyl (C=O) groups is 2. The van der Waals surface area contributed by atoms with Crippen molar-refractivity contribution in [1.29, 1.82) is 0 Å². The highest BCUT2D eigenvalue weighted by molar-refractivity contribution is 5.96. The lowest BCUT2D eigenvalue weighted by atomic mass is 9.90. The Bertz CT molecular complexity index is 616. The summed E-state index contributed by atoms with van der Waals surface area (Å²) >= 11 is 0. The van der Waals surface area contributed by atoms with E-state index in [0.29, 0.717) is 36.2 Å². The van der Waals surface area contributed by atoms with E-state index in [-0.39, 0.29) is 23.9 Å². The fraction of sp³-hybridized carbons (Fsp3) is 0.588. The SMILES string of the molecule is CC.CC.CC[C@H]1C(=O)OCc2c1cc1n(c2=O)CCC1=O. The number of hydrogen-bond donors (Lipinski definition) is 0. The van der Waals surface area contributed by atoms with Gasteiger partial charge in [0, 0.05) is 13.0 Å². The maximum Gasteiger partial charge on any atom is 0.313 e. The van der Waals surface area contributed by atoms with Crippen LogP contribution in [0, 0.1) is 0 Å². The number of pyridine rings is 1. The third kappa shape index (κ3) is 2.98. The lowest BCUT2D eigenvalue weighted by Gasteiger charge is -2.24. The van der Waals surface area contributed by atoms with Crippen LogP contribution in [0.3, 0.4) is 0 Å². The molecule has 0 aromatic carbocycles. The van der Waals surface area contributed by atoms with Gasteiger partial charge in [0.1, 0.15) is 6.61 Å². The average molecular weight is 307 g/mol. The summed E-state index contributed by atoms with van der Waals surface area (Å²) in [5.74, 6) is -0.746. The number of hydrogen-bond acceptors (Lipinski definition) is 4. The zero-order chi connectivity index (χ0) is 16.9. The first kappa shape index (κ1) is 18.1. The minimum absolute atomic E-state index is 0.0244. The molecule has 1 aromatic rings. The van der Waals surface area contributed by atoms with Gasteiger partial charge in [-0.15, -0.1) is 0 Å². The maximum atomic E-state index is 12.2. The fourth-order valence-electron chi connectivity index (χ4n) is 2.72. The van der Waals surface area contributed by atoms with Crippen LogP contribution in [-0.2, 0) is 22.7 Å². The topological polar surface area (TPSA) is 65.4 Å². The molecule has 22 heavy (non-hydrogen) atoms. The van der Waals surface area contributed by atoms with Gasteiger partial charge < -0.3 is 9.30 Å². The molecule has 0 saturated carbocycles. The van der Waals surface area contributed by atoms with Gasteiger partial charge in [-0.2, -0.15) is 0 Å². The minimum atomic E-state index is -0.416. The van der Waals surface area contributed by atoms with Crippen LogP contribution in [0.1, 0.15) is 75.0 Å². The van der Waals surface area contributed by atoms with E-state index in [2.05, 4.69) is 0 Å². The predicted molar refractivity (Wildman–Crippen MR) is 85.2 cm³/mol. The molecule has 0 bridgehead atoms. The van der Waals surface area contributed by atoms with Crippen molar-refractivity contribution in [3.63, 3.8) is 0 Å². The second-order valence-corrected chi connectivity index (χ2v) is 4.66. The molecule has 0 N–H and O–H groups in total. The molecule has 2 aliphatic heterocycles. The third-order valence-electron chi connectivity index (χ3n) is 3.71. The Labute approximate surface area is 131 Å². The number of ketones is 1. The van der Waals surface area contributed by atoms with Crippen LogP contribution in [0.25, 0.3) is 0 Å². The van der Waals surface area contributed by atoms with E-state index in [9.17, 15) is 14.4 Å². The highest BCUT2D eigenvalue weighted by Gasteiger charge is 2.33. The van der Waals surface area contributed by atoms with Crippen molar-refractivity contribution in [2.24, 2.45) is 0 Å². The summed E-state index contributed by atoms with van der Waals surface area (Å²) in [7, 11) is 0. The molecule has 3 heterocycles. The summed E-state index contributed by atoms with van der Waals surface area (Å²) in [6.07, 6.45) is 0.937. The van der Waals surface area contributed by atoms with E-state index >= 15 is 0 Å². The van der Waals surface area contributed by atoms with Gasteiger partial charge in [-0.1, -0.05) is 34.6 Å². The Balaban J connectivity index is 0.000000561. The van der Waals surface area contributed by atoms with Crippen molar-refractivity contribution in [1.82, 2.24) is 4.57 Å². The molecule has 0 aliphatic carbocycles. The highest BCUT2D eigenvalue weighted by atomic mass is 16.5. The Morgan fingerprint density at radius 2 is 1.82 bits per heavy atom. The van der Waals surface area contributed by atoms with Crippen molar-refractivity contribution in [3.8, 4) is 0 Å². The van der Waals surface area contributed by atoms with Crippen LogP contribution >= 0.6 is 0 Å². The van der Waals surface area contributed by atoms with Crippen molar-refractivity contribution in [2.75, 3.05) is 0 Å². The summed E-state index contributed by atoms with van der Waals surface area (Å²) < 4.78 is 6.53. The van der Waals surface area contributed by atoms with Crippen LogP contribution < -0.4 is 5.56 Å². The molecule has 3 rings (SSSR count). The third-order valence-corrected chi connectivity index (χ3v) is 3.71. The second kappa shape index (κ2) is 7.92. The van der Waals surface area contributed by atoms with Gasteiger partial charge in [0.25, 0.3) is 5.56 Å². The van der Waals surface area contributed by atoms with E-state index in [0.717, 1.165) is 0 Å². The first-order chi connectivity index (χ1) is 10.6. The number of aromatic nitrogens is 1. The van der Waals surface area contributed by atoms with Crippen LogP contribution in [0.15, 0.2) is 10.9 Å². The number of nitrogens with zero attached hydrogens (tertiary/aromatic N) is 1. The molecule has 0 fully saturated rings. The molecule has 0 saturated heterocycles. The number of carbonyl (C=O) groups excluding carboxylic acids is 2. The number of Topliss-reactive ketones (excluding diaryl/α,β-unsaturated/α-hetero) is 1. The number of ether oxygens (including phenoxy) is 1. The lowest BCUT2D eigenvalue weighted by molar-refractivity contribution is -0.148. The van der Waals surface area contributed by atoms with E-state index < -0.39 is 5.92 Å². The molecule has 0 amide bonds. The monoisotopic (exact) mass is 307 g/mol. The molecule has 0 unspecified atom stereocenters. The molecule has 1 aromatic heterocycles. The van der Waals surface area contributed by atoms with Crippen LogP contribution in [0.4, 0.5) is 0 Å². The molecule has 0 radical (unpaired) electrons. The van der Waals surface area contributed by atoms with E-state index in [1.165, 1.54) is 4.57 Å². The van der Waals surface area contributed by atoms with Crippen molar-refractivity contribution < 1.29 is 14.3 Å². The minimum Gasteiger partial charge on any atom is -0.460 e. The zero-order valence-corrected chi connectivity index (χ0v) is 14.1. The van der Waals surface area contributed by atoms with Crippen LogP contribution in [0.2, 0.25) is 0 Å². The first-order valence-electron chi connectivity index (χ1n) is 8.10. The van der Waals surface area contributed by atoms with Gasteiger partial charge in [-0.05, 0) is 18.1 Å². The van der Waals surface area contributed by atoms with E-state index in [4.69, 9.17) is 4.74 Å². The summed E-state index contributed by atoms with van der Waals surface area (Å²) in [4.78, 5) is 35.6. The number of cyclic esters (lactones) is 1. The molecule has 0 spiro atoms. The first-order valence-corrected chi connectivity index (χ1v) is 8.10. The smallest absolute Gasteiger partial charge is 0.313 e. The largest absolute Gasteiger partial charge is 0.460 e. The van der Waals surface area contributed by atoms with Gasteiger partial charge in [0.05, 0.1) is 17.2 Å². The van der Waals surface area contributed by atoms with Crippen molar-refractivity contribution in [2.45, 2.75) is 66.5 Å². The molecule has 2 aliphatic rings. The van der Waals surface area contributed by atoms with Gasteiger partial charge in [-0.3, -0.25) is 14.4 Å². The number of esters is 1. The summed E-state index contributed by atoms with van der Waals surface area (Å²) in [6, 6.07) is 1.71.